The molecule has 3 rings (SSSR count). The monoisotopic (exact) mass is 330 g/mol. The number of morpholine rings is 1. The third-order valence-corrected chi connectivity index (χ3v) is 5.02. The van der Waals surface area contributed by atoms with Gasteiger partial charge in [0.05, 0.1) is 23.8 Å². The maximum Gasteiger partial charge on any atom is 0.273 e. The van der Waals surface area contributed by atoms with E-state index >= 15 is 0 Å². The van der Waals surface area contributed by atoms with Crippen molar-refractivity contribution in [3.63, 3.8) is 0 Å². The molecule has 1 saturated heterocycles. The minimum atomic E-state index is 0.0230. The Balaban J connectivity index is 1.63. The zero-order chi connectivity index (χ0) is 16.2. The summed E-state index contributed by atoms with van der Waals surface area (Å²) in [6.07, 6.45) is 1.91. The Labute approximate surface area is 141 Å². The van der Waals surface area contributed by atoms with Crippen LogP contribution in [-0.2, 0) is 17.6 Å². The van der Waals surface area contributed by atoms with Crippen molar-refractivity contribution in [2.24, 2.45) is 0 Å². The van der Waals surface area contributed by atoms with E-state index in [1.54, 1.807) is 11.3 Å². The number of carbonyl (C=O) groups excluding carboxylic acids is 1. The van der Waals surface area contributed by atoms with E-state index in [4.69, 9.17) is 4.74 Å². The van der Waals surface area contributed by atoms with E-state index in [2.05, 4.69) is 17.1 Å². The number of thiazole rings is 1. The number of benzene rings is 1. The van der Waals surface area contributed by atoms with Crippen LogP contribution in [0.25, 0.3) is 0 Å². The van der Waals surface area contributed by atoms with Crippen molar-refractivity contribution < 1.29 is 9.53 Å². The van der Waals surface area contributed by atoms with E-state index in [1.807, 2.05) is 42.3 Å². The van der Waals surface area contributed by atoms with Crippen molar-refractivity contribution in [3.8, 4) is 0 Å². The van der Waals surface area contributed by atoms with Crippen LogP contribution >= 0.6 is 11.3 Å². The molecule has 0 N–H and O–H groups in total. The number of hydrogen-bond acceptors (Lipinski definition) is 4. The Hall–Kier alpha value is -1.72. The molecule has 4 nitrogen and oxygen atoms in total. The largest absolute Gasteiger partial charge is 0.375 e. The zero-order valence-corrected chi connectivity index (χ0v) is 14.4. The molecule has 1 amide bonds. The van der Waals surface area contributed by atoms with Gasteiger partial charge in [-0.25, -0.2) is 4.98 Å². The molecule has 0 unspecified atom stereocenters. The Morgan fingerprint density at radius 2 is 2.09 bits per heavy atom. The van der Waals surface area contributed by atoms with E-state index in [1.165, 1.54) is 5.56 Å². The highest BCUT2D eigenvalue weighted by molar-refractivity contribution is 7.09. The molecule has 23 heavy (non-hydrogen) atoms. The highest BCUT2D eigenvalue weighted by Crippen LogP contribution is 2.18. The summed E-state index contributed by atoms with van der Waals surface area (Å²) in [5, 5.41) is 2.90. The summed E-state index contributed by atoms with van der Waals surface area (Å²) < 4.78 is 5.59. The van der Waals surface area contributed by atoms with Crippen LogP contribution < -0.4 is 0 Å². The Morgan fingerprint density at radius 3 is 2.87 bits per heavy atom. The van der Waals surface area contributed by atoms with Crippen LogP contribution in [0.2, 0.25) is 0 Å². The van der Waals surface area contributed by atoms with Crippen molar-refractivity contribution >= 4 is 17.2 Å². The average Bonchev–Trinajstić information content (AvgIpc) is 3.04. The first-order chi connectivity index (χ1) is 11.1. The zero-order valence-electron chi connectivity index (χ0n) is 13.6. The lowest BCUT2D eigenvalue weighted by atomic mass is 10.1. The molecular weight excluding hydrogens is 308 g/mol. The lowest BCUT2D eigenvalue weighted by molar-refractivity contribution is -0.0388. The molecule has 0 radical (unpaired) electrons. The topological polar surface area (TPSA) is 42.4 Å². The van der Waals surface area contributed by atoms with Crippen molar-refractivity contribution in [1.82, 2.24) is 9.88 Å². The second kappa shape index (κ2) is 7.23. The van der Waals surface area contributed by atoms with Gasteiger partial charge in [-0.15, -0.1) is 11.3 Å². The van der Waals surface area contributed by atoms with E-state index in [9.17, 15) is 4.79 Å². The summed E-state index contributed by atoms with van der Waals surface area (Å²) in [6.45, 7) is 5.25. The Kier molecular flexibility index (Phi) is 5.08. The van der Waals surface area contributed by atoms with E-state index in [-0.39, 0.29) is 18.1 Å². The molecule has 1 aliphatic heterocycles. The van der Waals surface area contributed by atoms with Gasteiger partial charge in [0.1, 0.15) is 5.69 Å². The van der Waals surface area contributed by atoms with Crippen molar-refractivity contribution in [3.05, 3.63) is 52.0 Å². The van der Waals surface area contributed by atoms with E-state index < -0.39 is 0 Å². The van der Waals surface area contributed by atoms with Crippen molar-refractivity contribution in [1.29, 1.82) is 0 Å². The van der Waals surface area contributed by atoms with Crippen LogP contribution in [0.4, 0.5) is 0 Å². The predicted molar refractivity (Wildman–Crippen MR) is 91.9 cm³/mol. The predicted octanol–water partition coefficient (Wildman–Crippen LogP) is 3.18. The van der Waals surface area contributed by atoms with Crippen molar-refractivity contribution in [2.45, 2.75) is 38.8 Å². The first kappa shape index (κ1) is 16.1. The minimum absolute atomic E-state index is 0.0230. The highest BCUT2D eigenvalue weighted by atomic mass is 32.1. The Bertz CT molecular complexity index is 656. The molecule has 122 valence electrons. The molecule has 0 bridgehead atoms. The maximum absolute atomic E-state index is 12.7. The fourth-order valence-corrected chi connectivity index (χ4v) is 3.53. The Morgan fingerprint density at radius 1 is 1.30 bits per heavy atom. The van der Waals surface area contributed by atoms with Gasteiger partial charge in [0.2, 0.25) is 0 Å². The van der Waals surface area contributed by atoms with Gasteiger partial charge in [-0.2, -0.15) is 0 Å². The number of carbonyl (C=O) groups is 1. The molecule has 1 fully saturated rings. The van der Waals surface area contributed by atoms with Crippen LogP contribution in [0.5, 0.6) is 0 Å². The van der Waals surface area contributed by atoms with Gasteiger partial charge in [0.25, 0.3) is 5.91 Å². The van der Waals surface area contributed by atoms with Crippen LogP contribution in [0, 0.1) is 0 Å². The molecule has 1 aromatic carbocycles. The number of amides is 1. The number of hydrogen-bond donors (Lipinski definition) is 0. The normalized spacial score (nSPS) is 21.4. The highest BCUT2D eigenvalue weighted by Gasteiger charge is 2.29. The van der Waals surface area contributed by atoms with E-state index in [0.29, 0.717) is 18.8 Å². The number of aromatic nitrogens is 1. The molecule has 1 aromatic heterocycles. The third-order valence-electron chi connectivity index (χ3n) is 4.11. The molecule has 0 spiro atoms. The van der Waals surface area contributed by atoms with Crippen LogP contribution in [-0.4, -0.2) is 41.1 Å². The number of nitrogens with zero attached hydrogens (tertiary/aromatic N) is 2. The van der Waals surface area contributed by atoms with Gasteiger partial charge in [0, 0.05) is 18.3 Å². The van der Waals surface area contributed by atoms with Crippen molar-refractivity contribution in [2.75, 3.05) is 13.2 Å². The summed E-state index contributed by atoms with van der Waals surface area (Å²) in [6, 6.07) is 10.5. The molecule has 2 atom stereocenters. The second-order valence-electron chi connectivity index (χ2n) is 6.06. The second-order valence-corrected chi connectivity index (χ2v) is 7.01. The quantitative estimate of drug-likeness (QED) is 0.865. The SMILES string of the molecule is C[C@@H]1CO[C@@H](C)CN1C(=O)c1csc(CCc2ccccc2)n1. The first-order valence-electron chi connectivity index (χ1n) is 8.04. The van der Waals surface area contributed by atoms with Gasteiger partial charge >= 0.3 is 0 Å². The first-order valence-corrected chi connectivity index (χ1v) is 8.92. The molecule has 0 aliphatic carbocycles. The minimum Gasteiger partial charge on any atom is -0.375 e. The van der Waals surface area contributed by atoms with E-state index in [0.717, 1.165) is 17.8 Å². The average molecular weight is 330 g/mol. The molecule has 2 heterocycles. The molecule has 5 heteroatoms. The van der Waals surface area contributed by atoms with Crippen LogP contribution in [0.15, 0.2) is 35.7 Å². The van der Waals surface area contributed by atoms with Gasteiger partial charge in [0.15, 0.2) is 0 Å². The number of ether oxygens (including phenoxy) is 1. The summed E-state index contributed by atoms with van der Waals surface area (Å²) in [4.78, 5) is 19.1. The fourth-order valence-electron chi connectivity index (χ4n) is 2.75. The summed E-state index contributed by atoms with van der Waals surface area (Å²) >= 11 is 1.57. The van der Waals surface area contributed by atoms with Crippen LogP contribution in [0.3, 0.4) is 0 Å². The van der Waals surface area contributed by atoms with Crippen LogP contribution in [0.1, 0.15) is 34.9 Å². The lowest BCUT2D eigenvalue weighted by Crippen LogP contribution is -2.50. The summed E-state index contributed by atoms with van der Waals surface area (Å²) in [5.74, 6) is 0.0230. The third kappa shape index (κ3) is 3.98. The lowest BCUT2D eigenvalue weighted by Gasteiger charge is -2.36. The maximum atomic E-state index is 12.7. The number of rotatable bonds is 4. The fraction of sp³-hybridized carbons (Fsp3) is 0.444. The smallest absolute Gasteiger partial charge is 0.273 e. The summed E-state index contributed by atoms with van der Waals surface area (Å²) in [5.41, 5.74) is 1.87. The molecular formula is C18H22N2O2S. The van der Waals surface area contributed by atoms with Gasteiger partial charge < -0.3 is 9.64 Å². The van der Waals surface area contributed by atoms with Gasteiger partial charge in [-0.1, -0.05) is 30.3 Å². The van der Waals surface area contributed by atoms with Gasteiger partial charge in [-0.05, 0) is 25.8 Å². The molecule has 1 aliphatic rings. The van der Waals surface area contributed by atoms with Gasteiger partial charge in [-0.3, -0.25) is 4.79 Å². The summed E-state index contributed by atoms with van der Waals surface area (Å²) in [7, 11) is 0. The number of aryl methyl sites for hydroxylation is 2. The molecule has 0 saturated carbocycles. The standard InChI is InChI=1S/C18H22N2O2S/c1-13-11-22-14(2)10-20(13)18(21)16-12-23-17(19-16)9-8-15-6-4-3-5-7-15/h3-7,12-14H,8-11H2,1-2H3/t13-,14+/m1/s1. The molecule has 2 aromatic rings.